The average molecular weight is 628 g/mol. The third kappa shape index (κ3) is 4.58. The van der Waals surface area contributed by atoms with E-state index in [2.05, 4.69) is 26.1 Å². The van der Waals surface area contributed by atoms with Crippen molar-refractivity contribution in [3.05, 3.63) is 46.6 Å². The van der Waals surface area contributed by atoms with Gasteiger partial charge in [0.1, 0.15) is 24.1 Å². The molecule has 8 rings (SSSR count). The quantitative estimate of drug-likeness (QED) is 0.430. The minimum Gasteiger partial charge on any atom is -0.508 e. The summed E-state index contributed by atoms with van der Waals surface area (Å²) in [4.78, 5) is 27.8. The number of phenols is 1. The number of pyridine rings is 1. The molecule has 0 radical (unpaired) electrons. The molecule has 3 aromatic rings. The van der Waals surface area contributed by atoms with E-state index < -0.39 is 0 Å². The van der Waals surface area contributed by atoms with E-state index in [-0.39, 0.29) is 29.3 Å². The van der Waals surface area contributed by atoms with Gasteiger partial charge in [0.25, 0.3) is 5.91 Å². The third-order valence-electron chi connectivity index (χ3n) is 10.8. The van der Waals surface area contributed by atoms with Gasteiger partial charge in [-0.3, -0.25) is 9.69 Å². The molecular weight excluding hydrogens is 590 g/mol. The first-order chi connectivity index (χ1) is 21.9. The van der Waals surface area contributed by atoms with E-state index in [1.54, 1.807) is 17.0 Å². The van der Waals surface area contributed by atoms with Crippen molar-refractivity contribution in [1.29, 1.82) is 5.26 Å². The van der Waals surface area contributed by atoms with E-state index in [1.165, 1.54) is 12.8 Å². The van der Waals surface area contributed by atoms with Crippen molar-refractivity contribution in [3.8, 4) is 17.7 Å². The SMILES string of the molecule is CN1C(=O)C2CNC(CC#N)CN2c2c3c(nc(OCC45CCCN4CCC5)c21)CN(c1cc(O)cc2cccc(Cl)c12)CC3. The maximum atomic E-state index is 13.8. The van der Waals surface area contributed by atoms with Gasteiger partial charge in [-0.05, 0) is 62.7 Å². The zero-order valence-electron chi connectivity index (χ0n) is 25.6. The molecule has 0 aliphatic carbocycles. The smallest absolute Gasteiger partial charge is 0.250 e. The van der Waals surface area contributed by atoms with Gasteiger partial charge >= 0.3 is 0 Å². The molecule has 2 N–H and O–H groups in total. The molecule has 0 spiro atoms. The first-order valence-corrected chi connectivity index (χ1v) is 16.5. The van der Waals surface area contributed by atoms with Crippen molar-refractivity contribution in [2.24, 2.45) is 0 Å². The lowest BCUT2D eigenvalue weighted by atomic mass is 9.93. The first kappa shape index (κ1) is 28.7. The predicted molar refractivity (Wildman–Crippen MR) is 174 cm³/mol. The zero-order valence-corrected chi connectivity index (χ0v) is 26.3. The minimum absolute atomic E-state index is 0.0110. The van der Waals surface area contributed by atoms with Gasteiger partial charge in [0.2, 0.25) is 5.88 Å². The number of halogens is 1. The van der Waals surface area contributed by atoms with Gasteiger partial charge in [0.15, 0.2) is 0 Å². The fraction of sp³-hybridized carbons (Fsp3) is 0.500. The Labute approximate surface area is 268 Å². The lowest BCUT2D eigenvalue weighted by molar-refractivity contribution is -0.120. The number of benzene rings is 2. The summed E-state index contributed by atoms with van der Waals surface area (Å²) in [7, 11) is 1.84. The van der Waals surface area contributed by atoms with Crippen molar-refractivity contribution in [2.75, 3.05) is 61.1 Å². The molecule has 0 bridgehead atoms. The summed E-state index contributed by atoms with van der Waals surface area (Å²) in [6.07, 6.45) is 5.65. The number of rotatable bonds is 5. The summed E-state index contributed by atoms with van der Waals surface area (Å²) in [5, 5.41) is 26.0. The molecule has 11 heteroatoms. The number of anilines is 3. The van der Waals surface area contributed by atoms with Crippen LogP contribution in [0.4, 0.5) is 17.1 Å². The van der Waals surface area contributed by atoms with Crippen molar-refractivity contribution in [2.45, 2.75) is 62.7 Å². The number of nitriles is 1. The molecule has 2 atom stereocenters. The normalized spacial score (nSPS) is 23.8. The molecule has 5 aliphatic rings. The molecule has 5 aliphatic heterocycles. The Hall–Kier alpha value is -3.78. The van der Waals surface area contributed by atoms with Gasteiger partial charge in [-0.1, -0.05) is 23.7 Å². The summed E-state index contributed by atoms with van der Waals surface area (Å²) < 4.78 is 6.76. The highest BCUT2D eigenvalue weighted by atomic mass is 35.5. The predicted octanol–water partition coefficient (Wildman–Crippen LogP) is 4.20. The van der Waals surface area contributed by atoms with Crippen molar-refractivity contribution in [3.63, 3.8) is 0 Å². The van der Waals surface area contributed by atoms with E-state index in [9.17, 15) is 15.2 Å². The number of amides is 1. The van der Waals surface area contributed by atoms with Crippen LogP contribution in [0, 0.1) is 11.3 Å². The molecule has 3 saturated heterocycles. The molecule has 2 aromatic carbocycles. The van der Waals surface area contributed by atoms with E-state index >= 15 is 0 Å². The van der Waals surface area contributed by atoms with Crippen molar-refractivity contribution >= 4 is 45.3 Å². The summed E-state index contributed by atoms with van der Waals surface area (Å²) in [5.74, 6) is 0.705. The van der Waals surface area contributed by atoms with Crippen LogP contribution in [0.5, 0.6) is 11.6 Å². The standard InChI is InChI=1S/C34H38ClN7O3/c1-39-31-30(42-18-22(7-11-36)37-17-28(42)33(39)44)24-8-14-40(27-16-23(43)15-21-5-2-6-25(35)29(21)27)19-26(24)38-32(31)45-20-34-9-3-12-41(34)13-4-10-34/h2,5-6,15-16,22,28,37,43H,3-4,7-10,12-14,17-20H2,1H3. The van der Waals surface area contributed by atoms with Crippen LogP contribution in [0.3, 0.4) is 0 Å². The fourth-order valence-electron chi connectivity index (χ4n) is 8.57. The van der Waals surface area contributed by atoms with E-state index in [4.69, 9.17) is 21.3 Å². The number of hydrogen-bond donors (Lipinski definition) is 2. The Balaban J connectivity index is 1.24. The van der Waals surface area contributed by atoms with Crippen LogP contribution in [0.25, 0.3) is 10.8 Å². The lowest BCUT2D eigenvalue weighted by Gasteiger charge is -2.48. The fourth-order valence-corrected chi connectivity index (χ4v) is 8.84. The minimum atomic E-state index is -0.359. The largest absolute Gasteiger partial charge is 0.508 e. The van der Waals surface area contributed by atoms with Crippen molar-refractivity contribution < 1.29 is 14.6 Å². The maximum Gasteiger partial charge on any atom is 0.250 e. The zero-order chi connectivity index (χ0) is 30.9. The number of carbonyl (C=O) groups is 1. The van der Waals surface area contributed by atoms with E-state index in [0.29, 0.717) is 56.5 Å². The second-order valence-corrected chi connectivity index (χ2v) is 13.7. The van der Waals surface area contributed by atoms with Crippen LogP contribution < -0.4 is 24.8 Å². The van der Waals surface area contributed by atoms with E-state index in [0.717, 1.165) is 65.0 Å². The van der Waals surface area contributed by atoms with Gasteiger partial charge in [0, 0.05) is 49.7 Å². The number of phenolic OH excluding ortho intramolecular Hbond substituents is 1. The Kier molecular flexibility index (Phi) is 6.97. The van der Waals surface area contributed by atoms with Gasteiger partial charge < -0.3 is 29.9 Å². The monoisotopic (exact) mass is 627 g/mol. The summed E-state index contributed by atoms with van der Waals surface area (Å²) in [6, 6.07) is 11.2. The highest BCUT2D eigenvalue weighted by molar-refractivity contribution is 6.36. The summed E-state index contributed by atoms with van der Waals surface area (Å²) >= 11 is 6.73. The Morgan fingerprint density at radius 3 is 2.82 bits per heavy atom. The number of aromatic nitrogens is 1. The van der Waals surface area contributed by atoms with Gasteiger partial charge in [-0.15, -0.1) is 0 Å². The number of aromatic hydroxyl groups is 1. The highest BCUT2D eigenvalue weighted by Gasteiger charge is 2.47. The molecule has 1 aromatic heterocycles. The average Bonchev–Trinajstić information content (AvgIpc) is 3.62. The molecule has 1 amide bonds. The molecule has 234 valence electrons. The topological polar surface area (TPSA) is 108 Å². The third-order valence-corrected chi connectivity index (χ3v) is 11.1. The Bertz CT molecular complexity index is 1730. The number of ether oxygens (including phenoxy) is 1. The maximum absolute atomic E-state index is 13.8. The highest BCUT2D eigenvalue weighted by Crippen LogP contribution is 2.49. The van der Waals surface area contributed by atoms with Crippen LogP contribution in [-0.4, -0.2) is 84.9 Å². The molecular formula is C34H38ClN7O3. The second-order valence-electron chi connectivity index (χ2n) is 13.3. The van der Waals surface area contributed by atoms with Crippen LogP contribution in [0.15, 0.2) is 30.3 Å². The molecule has 3 fully saturated rings. The number of fused-ring (bicyclic) bond motifs is 7. The van der Waals surface area contributed by atoms with Gasteiger partial charge in [-0.25, -0.2) is 4.98 Å². The molecule has 0 saturated carbocycles. The Morgan fingerprint density at radius 1 is 1.20 bits per heavy atom. The van der Waals surface area contributed by atoms with E-state index in [1.807, 2.05) is 25.2 Å². The van der Waals surface area contributed by atoms with Crippen LogP contribution in [0.2, 0.25) is 5.02 Å². The van der Waals surface area contributed by atoms with Crippen LogP contribution in [-0.2, 0) is 17.8 Å². The lowest BCUT2D eigenvalue weighted by Crippen LogP contribution is -2.64. The number of nitrogens with one attached hydrogen (secondary N) is 1. The molecule has 45 heavy (non-hydrogen) atoms. The number of hydrogen-bond acceptors (Lipinski definition) is 9. The Morgan fingerprint density at radius 2 is 2.02 bits per heavy atom. The summed E-state index contributed by atoms with van der Waals surface area (Å²) in [6.45, 7) is 5.02. The molecule has 2 unspecified atom stereocenters. The van der Waals surface area contributed by atoms with Gasteiger partial charge in [0.05, 0.1) is 46.7 Å². The first-order valence-electron chi connectivity index (χ1n) is 16.1. The van der Waals surface area contributed by atoms with Gasteiger partial charge in [-0.2, -0.15) is 5.26 Å². The number of piperazine rings is 1. The number of likely N-dealkylation sites (N-methyl/N-ethyl adjacent to an activating group) is 1. The molecule has 10 nitrogen and oxygen atoms in total. The van der Waals surface area contributed by atoms with Crippen molar-refractivity contribution in [1.82, 2.24) is 15.2 Å². The summed E-state index contributed by atoms with van der Waals surface area (Å²) in [5.41, 5.74) is 4.68. The van der Waals surface area contributed by atoms with Crippen LogP contribution in [0.1, 0.15) is 43.4 Å². The van der Waals surface area contributed by atoms with Crippen LogP contribution >= 0.6 is 11.6 Å². The number of nitrogens with zero attached hydrogens (tertiary/aromatic N) is 6. The number of carbonyl (C=O) groups excluding carboxylic acids is 1. The molecule has 6 heterocycles. The second kappa shape index (κ2) is 10.9.